The van der Waals surface area contributed by atoms with E-state index >= 15 is 0 Å². The number of hydrogen-bond donors (Lipinski definition) is 2. The second-order valence-corrected chi connectivity index (χ2v) is 7.05. The Balaban J connectivity index is 2.16. The predicted octanol–water partition coefficient (Wildman–Crippen LogP) is 2.69. The number of aromatic nitrogens is 1. The van der Waals surface area contributed by atoms with Crippen molar-refractivity contribution in [2.75, 3.05) is 46.1 Å². The van der Waals surface area contributed by atoms with Crippen molar-refractivity contribution in [1.82, 2.24) is 15.6 Å². The average molecular weight is 371 g/mol. The largest absolute Gasteiger partial charge is 0.379 e. The maximum absolute atomic E-state index is 5.54. The number of aryl methyl sites for hydroxylation is 2. The molecule has 0 aliphatic heterocycles. The Bertz CT molecular complexity index is 472. The molecule has 1 aromatic rings. The highest BCUT2D eigenvalue weighted by molar-refractivity contribution is 7.11. The van der Waals surface area contributed by atoms with Crippen molar-refractivity contribution in [3.8, 4) is 0 Å². The van der Waals surface area contributed by atoms with E-state index in [1.54, 1.807) is 11.3 Å². The van der Waals surface area contributed by atoms with Crippen molar-refractivity contribution in [1.29, 1.82) is 0 Å². The number of guanidine groups is 1. The zero-order chi connectivity index (χ0) is 18.3. The minimum Gasteiger partial charge on any atom is -0.379 e. The van der Waals surface area contributed by atoms with Crippen LogP contribution < -0.4 is 10.6 Å². The van der Waals surface area contributed by atoms with E-state index in [9.17, 15) is 0 Å². The Hall–Kier alpha value is -1.18. The molecule has 0 saturated carbocycles. The van der Waals surface area contributed by atoms with Gasteiger partial charge in [0.2, 0.25) is 0 Å². The van der Waals surface area contributed by atoms with E-state index in [0.29, 0.717) is 26.4 Å². The number of aliphatic imine (C=N–C) groups is 1. The van der Waals surface area contributed by atoms with Gasteiger partial charge in [-0.15, -0.1) is 11.3 Å². The topological polar surface area (TPSA) is 67.8 Å². The fraction of sp³-hybridized carbons (Fsp3) is 0.778. The van der Waals surface area contributed by atoms with E-state index < -0.39 is 0 Å². The number of ether oxygens (including phenoxy) is 2. The molecule has 0 aliphatic rings. The van der Waals surface area contributed by atoms with Gasteiger partial charge in [-0.05, 0) is 27.2 Å². The lowest BCUT2D eigenvalue weighted by atomic mass is 10.4. The minimum atomic E-state index is 0.610. The molecule has 0 radical (unpaired) electrons. The molecule has 0 aromatic carbocycles. The Morgan fingerprint density at radius 1 is 1.08 bits per heavy atom. The van der Waals surface area contributed by atoms with Gasteiger partial charge in [-0.2, -0.15) is 0 Å². The molecule has 0 bridgehead atoms. The number of rotatable bonds is 13. The maximum atomic E-state index is 5.54. The van der Waals surface area contributed by atoms with Crippen LogP contribution >= 0.6 is 11.3 Å². The minimum absolute atomic E-state index is 0.610. The standard InChI is InChI=1S/C18H34N4O2S/c1-5-7-11-23-13-14-24-12-10-21-18(19-6-2)20-9-8-17-22-15(3)16(4)25-17/h5-14H2,1-4H3,(H2,19,20,21). The fourth-order valence-corrected chi connectivity index (χ4v) is 3.00. The monoisotopic (exact) mass is 370 g/mol. The first kappa shape index (κ1) is 21.9. The molecule has 0 spiro atoms. The van der Waals surface area contributed by atoms with Crippen LogP contribution in [0.2, 0.25) is 0 Å². The third kappa shape index (κ3) is 10.4. The van der Waals surface area contributed by atoms with Crippen molar-refractivity contribution in [2.24, 2.45) is 4.99 Å². The summed E-state index contributed by atoms with van der Waals surface area (Å²) in [5.74, 6) is 0.829. The van der Waals surface area contributed by atoms with Crippen LogP contribution in [-0.4, -0.2) is 57.0 Å². The molecule has 0 atom stereocenters. The molecule has 0 amide bonds. The van der Waals surface area contributed by atoms with Crippen LogP contribution in [0.4, 0.5) is 0 Å². The third-order valence-corrected chi connectivity index (χ3v) is 4.70. The molecule has 0 aliphatic carbocycles. The Morgan fingerprint density at radius 2 is 1.84 bits per heavy atom. The predicted molar refractivity (Wildman–Crippen MR) is 106 cm³/mol. The van der Waals surface area contributed by atoms with E-state index in [-0.39, 0.29) is 0 Å². The SMILES string of the molecule is CCCCOCCOCCN=C(NCC)NCCc1nc(C)c(C)s1. The first-order valence-corrected chi connectivity index (χ1v) is 10.1. The Kier molecular flexibility index (Phi) is 12.3. The number of nitrogens with zero attached hydrogens (tertiary/aromatic N) is 2. The van der Waals surface area contributed by atoms with E-state index in [0.717, 1.165) is 50.6 Å². The molecule has 0 unspecified atom stereocenters. The van der Waals surface area contributed by atoms with Gasteiger partial charge in [0, 0.05) is 31.0 Å². The normalized spacial score (nSPS) is 11.8. The molecule has 144 valence electrons. The summed E-state index contributed by atoms with van der Waals surface area (Å²) >= 11 is 1.77. The van der Waals surface area contributed by atoms with E-state index in [2.05, 4.69) is 48.3 Å². The lowest BCUT2D eigenvalue weighted by molar-refractivity contribution is 0.0497. The first-order chi connectivity index (χ1) is 12.2. The summed E-state index contributed by atoms with van der Waals surface area (Å²) in [6.07, 6.45) is 3.19. The van der Waals surface area contributed by atoms with Gasteiger partial charge in [-0.25, -0.2) is 4.98 Å². The zero-order valence-electron chi connectivity index (χ0n) is 16.2. The van der Waals surface area contributed by atoms with Crippen LogP contribution in [0.1, 0.15) is 42.3 Å². The van der Waals surface area contributed by atoms with Crippen molar-refractivity contribution in [2.45, 2.75) is 47.0 Å². The molecule has 7 heteroatoms. The van der Waals surface area contributed by atoms with Gasteiger partial charge in [-0.3, -0.25) is 4.99 Å². The van der Waals surface area contributed by atoms with Crippen molar-refractivity contribution < 1.29 is 9.47 Å². The van der Waals surface area contributed by atoms with Gasteiger partial charge in [0.25, 0.3) is 0 Å². The van der Waals surface area contributed by atoms with Crippen LogP contribution in [0.15, 0.2) is 4.99 Å². The third-order valence-electron chi connectivity index (χ3n) is 3.57. The molecular formula is C18H34N4O2S. The summed E-state index contributed by atoms with van der Waals surface area (Å²) in [4.78, 5) is 10.4. The number of hydrogen-bond acceptors (Lipinski definition) is 5. The Labute approximate surface area is 156 Å². The van der Waals surface area contributed by atoms with E-state index in [1.165, 1.54) is 9.88 Å². The second-order valence-electron chi connectivity index (χ2n) is 5.76. The van der Waals surface area contributed by atoms with Gasteiger partial charge in [0.1, 0.15) is 0 Å². The molecule has 25 heavy (non-hydrogen) atoms. The van der Waals surface area contributed by atoms with Crippen molar-refractivity contribution in [3.63, 3.8) is 0 Å². The van der Waals surface area contributed by atoms with Gasteiger partial charge >= 0.3 is 0 Å². The average Bonchev–Trinajstić information content (AvgIpc) is 2.91. The summed E-state index contributed by atoms with van der Waals surface area (Å²) < 4.78 is 11.0. The number of thiazole rings is 1. The highest BCUT2D eigenvalue weighted by atomic mass is 32.1. The zero-order valence-corrected chi connectivity index (χ0v) is 17.0. The van der Waals surface area contributed by atoms with Crippen LogP contribution in [0.3, 0.4) is 0 Å². The van der Waals surface area contributed by atoms with Crippen molar-refractivity contribution in [3.05, 3.63) is 15.6 Å². The maximum Gasteiger partial charge on any atom is 0.191 e. The molecule has 0 saturated heterocycles. The lowest BCUT2D eigenvalue weighted by Crippen LogP contribution is -2.38. The van der Waals surface area contributed by atoms with Crippen LogP contribution in [0, 0.1) is 13.8 Å². The van der Waals surface area contributed by atoms with E-state index in [1.807, 2.05) is 0 Å². The van der Waals surface area contributed by atoms with Crippen molar-refractivity contribution >= 4 is 17.3 Å². The summed E-state index contributed by atoms with van der Waals surface area (Å²) in [6, 6.07) is 0. The Morgan fingerprint density at radius 3 is 2.48 bits per heavy atom. The molecule has 1 heterocycles. The molecule has 1 rings (SSSR count). The van der Waals surface area contributed by atoms with Crippen LogP contribution in [0.25, 0.3) is 0 Å². The number of unbranched alkanes of at least 4 members (excludes halogenated alkanes) is 1. The van der Waals surface area contributed by atoms with Crippen LogP contribution in [-0.2, 0) is 15.9 Å². The van der Waals surface area contributed by atoms with Gasteiger partial charge in [0.15, 0.2) is 5.96 Å². The quantitative estimate of drug-likeness (QED) is 0.317. The van der Waals surface area contributed by atoms with E-state index in [4.69, 9.17) is 9.47 Å². The summed E-state index contributed by atoms with van der Waals surface area (Å²) in [5.41, 5.74) is 1.14. The highest BCUT2D eigenvalue weighted by Crippen LogP contribution is 2.16. The smallest absolute Gasteiger partial charge is 0.191 e. The number of nitrogens with one attached hydrogen (secondary N) is 2. The van der Waals surface area contributed by atoms with Gasteiger partial charge in [-0.1, -0.05) is 13.3 Å². The van der Waals surface area contributed by atoms with Crippen LogP contribution in [0.5, 0.6) is 0 Å². The molecule has 0 fully saturated rings. The highest BCUT2D eigenvalue weighted by Gasteiger charge is 2.04. The first-order valence-electron chi connectivity index (χ1n) is 9.27. The van der Waals surface area contributed by atoms with Gasteiger partial charge in [0.05, 0.1) is 37.1 Å². The molecule has 2 N–H and O–H groups in total. The molecule has 6 nitrogen and oxygen atoms in total. The second kappa shape index (κ2) is 14.0. The lowest BCUT2D eigenvalue weighted by Gasteiger charge is -2.10. The summed E-state index contributed by atoms with van der Waals surface area (Å²) in [5, 5.41) is 7.77. The fourth-order valence-electron chi connectivity index (χ4n) is 2.07. The summed E-state index contributed by atoms with van der Waals surface area (Å²) in [6.45, 7) is 13.4. The summed E-state index contributed by atoms with van der Waals surface area (Å²) in [7, 11) is 0. The molecular weight excluding hydrogens is 336 g/mol. The van der Waals surface area contributed by atoms with Gasteiger partial charge < -0.3 is 20.1 Å². The molecule has 1 aromatic heterocycles.